The number of hydrogen-bond donors (Lipinski definition) is 2. The van der Waals surface area contributed by atoms with E-state index in [0.717, 1.165) is 41.4 Å². The van der Waals surface area contributed by atoms with E-state index in [0.29, 0.717) is 31.7 Å². The van der Waals surface area contributed by atoms with Gasteiger partial charge in [0.25, 0.3) is 0 Å². The predicted molar refractivity (Wildman–Crippen MR) is 140 cm³/mol. The molecule has 35 heavy (non-hydrogen) atoms. The second-order valence-electron chi connectivity index (χ2n) is 9.84. The van der Waals surface area contributed by atoms with Crippen molar-refractivity contribution in [1.29, 1.82) is 0 Å². The van der Waals surface area contributed by atoms with E-state index in [1.807, 2.05) is 36.1 Å². The SMILES string of the molecule is CCOC(=O)N1CCC2c3cc(Cl)ccc3NC2[C@@H]1c1ccc(OCCCNC2CCCC2)cc1. The van der Waals surface area contributed by atoms with Gasteiger partial charge in [0, 0.05) is 29.2 Å². The number of fused-ring (bicyclic) bond motifs is 3. The zero-order valence-electron chi connectivity index (χ0n) is 20.5. The Kier molecular flexibility index (Phi) is 7.69. The number of amides is 1. The Morgan fingerprint density at radius 1 is 1.14 bits per heavy atom. The van der Waals surface area contributed by atoms with Crippen LogP contribution < -0.4 is 15.4 Å². The largest absolute Gasteiger partial charge is 0.494 e. The van der Waals surface area contributed by atoms with Crippen LogP contribution >= 0.6 is 11.6 Å². The van der Waals surface area contributed by atoms with Crippen molar-refractivity contribution in [2.75, 3.05) is 31.6 Å². The second-order valence-corrected chi connectivity index (χ2v) is 10.3. The number of benzene rings is 2. The van der Waals surface area contributed by atoms with Gasteiger partial charge in [-0.25, -0.2) is 4.79 Å². The second kappa shape index (κ2) is 11.1. The summed E-state index contributed by atoms with van der Waals surface area (Å²) < 4.78 is 11.4. The monoisotopic (exact) mass is 497 g/mol. The lowest BCUT2D eigenvalue weighted by Gasteiger charge is -2.42. The fourth-order valence-electron chi connectivity index (χ4n) is 5.95. The number of piperidine rings is 1. The maximum Gasteiger partial charge on any atom is 0.410 e. The van der Waals surface area contributed by atoms with Crippen molar-refractivity contribution < 1.29 is 14.3 Å². The number of ether oxygens (including phenoxy) is 2. The molecule has 188 valence electrons. The highest BCUT2D eigenvalue weighted by Crippen LogP contribution is 2.48. The number of anilines is 1. The molecule has 2 aromatic carbocycles. The molecule has 0 bridgehead atoms. The molecule has 2 aromatic rings. The minimum absolute atomic E-state index is 0.0649. The van der Waals surface area contributed by atoms with Gasteiger partial charge in [0.15, 0.2) is 0 Å². The maximum absolute atomic E-state index is 12.9. The van der Waals surface area contributed by atoms with Crippen molar-refractivity contribution in [2.45, 2.75) is 69.5 Å². The Balaban J connectivity index is 1.26. The summed E-state index contributed by atoms with van der Waals surface area (Å²) in [6, 6.07) is 14.9. The molecule has 1 saturated carbocycles. The van der Waals surface area contributed by atoms with Crippen LogP contribution in [-0.2, 0) is 4.74 Å². The summed E-state index contributed by atoms with van der Waals surface area (Å²) in [6.07, 6.45) is 6.92. The Labute approximate surface area is 213 Å². The van der Waals surface area contributed by atoms with Gasteiger partial charge in [-0.15, -0.1) is 0 Å². The lowest BCUT2D eigenvalue weighted by molar-refractivity contribution is 0.0690. The van der Waals surface area contributed by atoms with Crippen LogP contribution in [0.3, 0.4) is 0 Å². The molecule has 7 heteroatoms. The van der Waals surface area contributed by atoms with Crippen molar-refractivity contribution >= 4 is 23.4 Å². The molecule has 0 aromatic heterocycles. The standard InChI is InChI=1S/C28H36ClN3O3/c1-2-34-28(33)32-16-14-23-24-18-20(29)10-13-25(24)31-26(23)27(32)19-8-11-22(12-9-19)35-17-5-15-30-21-6-3-4-7-21/h8-13,18,21,23,26-27,30-31H,2-7,14-17H2,1H3/t23?,26?,27-/m0/s1. The first kappa shape index (κ1) is 24.3. The lowest BCUT2D eigenvalue weighted by Crippen LogP contribution is -2.49. The minimum atomic E-state index is -0.262. The van der Waals surface area contributed by atoms with Crippen molar-refractivity contribution in [2.24, 2.45) is 0 Å². The molecule has 0 spiro atoms. The van der Waals surface area contributed by atoms with Crippen molar-refractivity contribution in [3.8, 4) is 5.75 Å². The van der Waals surface area contributed by atoms with Crippen LogP contribution in [0.1, 0.15) is 68.5 Å². The summed E-state index contributed by atoms with van der Waals surface area (Å²) in [6.45, 7) is 4.55. The molecule has 1 saturated heterocycles. The summed E-state index contributed by atoms with van der Waals surface area (Å²) in [5.41, 5.74) is 3.42. The van der Waals surface area contributed by atoms with Gasteiger partial charge in [-0.1, -0.05) is 36.6 Å². The number of nitrogens with one attached hydrogen (secondary N) is 2. The molecule has 5 rings (SSSR count). The van der Waals surface area contributed by atoms with Crippen molar-refractivity contribution in [1.82, 2.24) is 10.2 Å². The van der Waals surface area contributed by atoms with E-state index in [2.05, 4.69) is 28.8 Å². The molecule has 0 radical (unpaired) electrons. The van der Waals surface area contributed by atoms with Gasteiger partial charge in [-0.3, -0.25) is 4.90 Å². The number of halogens is 1. The van der Waals surface area contributed by atoms with Gasteiger partial charge >= 0.3 is 6.09 Å². The van der Waals surface area contributed by atoms with E-state index >= 15 is 0 Å². The highest BCUT2D eigenvalue weighted by atomic mass is 35.5. The topological polar surface area (TPSA) is 62.8 Å². The normalized spacial score (nSPS) is 23.5. The van der Waals surface area contributed by atoms with Crippen LogP contribution in [0, 0.1) is 0 Å². The fraction of sp³-hybridized carbons (Fsp3) is 0.536. The van der Waals surface area contributed by atoms with Gasteiger partial charge in [0.05, 0.1) is 25.3 Å². The first-order chi connectivity index (χ1) is 17.1. The highest BCUT2D eigenvalue weighted by Gasteiger charge is 2.46. The zero-order chi connectivity index (χ0) is 24.2. The van der Waals surface area contributed by atoms with E-state index in [4.69, 9.17) is 21.1 Å². The number of nitrogens with zero attached hydrogens (tertiary/aromatic N) is 1. The van der Waals surface area contributed by atoms with E-state index < -0.39 is 0 Å². The molecule has 3 aliphatic rings. The quantitative estimate of drug-likeness (QED) is 0.430. The molecular formula is C28H36ClN3O3. The lowest BCUT2D eigenvalue weighted by atomic mass is 9.81. The minimum Gasteiger partial charge on any atom is -0.494 e. The van der Waals surface area contributed by atoms with Crippen LogP contribution in [0.2, 0.25) is 5.02 Å². The first-order valence-electron chi connectivity index (χ1n) is 13.1. The Hall–Kier alpha value is -2.44. The summed E-state index contributed by atoms with van der Waals surface area (Å²) in [4.78, 5) is 14.8. The number of likely N-dealkylation sites (tertiary alicyclic amines) is 1. The maximum atomic E-state index is 12.9. The third kappa shape index (κ3) is 5.39. The average Bonchev–Trinajstić information content (AvgIpc) is 3.51. The zero-order valence-corrected chi connectivity index (χ0v) is 21.2. The first-order valence-corrected chi connectivity index (χ1v) is 13.5. The van der Waals surface area contributed by atoms with Crippen LogP contribution in [-0.4, -0.2) is 49.4 Å². The number of rotatable bonds is 8. The smallest absolute Gasteiger partial charge is 0.410 e. The van der Waals surface area contributed by atoms with Crippen LogP contribution in [0.5, 0.6) is 5.75 Å². The Morgan fingerprint density at radius 3 is 2.71 bits per heavy atom. The Morgan fingerprint density at radius 2 is 1.94 bits per heavy atom. The molecule has 2 aliphatic heterocycles. The Bertz CT molecular complexity index is 1010. The van der Waals surface area contributed by atoms with Crippen molar-refractivity contribution in [3.05, 3.63) is 58.6 Å². The summed E-state index contributed by atoms with van der Waals surface area (Å²) in [5.74, 6) is 1.15. The van der Waals surface area contributed by atoms with Gasteiger partial charge in [0.2, 0.25) is 0 Å². The third-order valence-corrected chi connectivity index (χ3v) is 7.86. The molecule has 1 aliphatic carbocycles. The summed E-state index contributed by atoms with van der Waals surface area (Å²) in [5, 5.41) is 8.06. The molecule has 2 N–H and O–H groups in total. The number of hydrogen-bond acceptors (Lipinski definition) is 5. The van der Waals surface area contributed by atoms with Crippen LogP contribution in [0.25, 0.3) is 0 Å². The van der Waals surface area contributed by atoms with E-state index in [1.54, 1.807) is 0 Å². The number of carbonyl (C=O) groups is 1. The summed E-state index contributed by atoms with van der Waals surface area (Å²) in [7, 11) is 0. The third-order valence-electron chi connectivity index (χ3n) is 7.63. The van der Waals surface area contributed by atoms with E-state index in [1.165, 1.54) is 31.2 Å². The molecule has 2 fully saturated rings. The van der Waals surface area contributed by atoms with Gasteiger partial charge in [-0.05, 0) is 80.6 Å². The van der Waals surface area contributed by atoms with E-state index in [-0.39, 0.29) is 18.2 Å². The summed E-state index contributed by atoms with van der Waals surface area (Å²) >= 11 is 6.31. The van der Waals surface area contributed by atoms with Crippen LogP contribution in [0.15, 0.2) is 42.5 Å². The molecular weight excluding hydrogens is 462 g/mol. The molecule has 3 atom stereocenters. The van der Waals surface area contributed by atoms with Gasteiger partial charge in [-0.2, -0.15) is 0 Å². The molecule has 2 unspecified atom stereocenters. The predicted octanol–water partition coefficient (Wildman–Crippen LogP) is 6.12. The van der Waals surface area contributed by atoms with E-state index in [9.17, 15) is 4.79 Å². The van der Waals surface area contributed by atoms with Gasteiger partial charge in [0.1, 0.15) is 5.75 Å². The highest BCUT2D eigenvalue weighted by molar-refractivity contribution is 6.30. The van der Waals surface area contributed by atoms with Crippen molar-refractivity contribution in [3.63, 3.8) is 0 Å². The fourth-order valence-corrected chi connectivity index (χ4v) is 6.13. The average molecular weight is 498 g/mol. The van der Waals surface area contributed by atoms with Gasteiger partial charge < -0.3 is 20.1 Å². The number of carbonyl (C=O) groups excluding carboxylic acids is 1. The molecule has 2 heterocycles. The molecule has 6 nitrogen and oxygen atoms in total. The molecule has 1 amide bonds. The van der Waals surface area contributed by atoms with Crippen LogP contribution in [0.4, 0.5) is 10.5 Å².